The van der Waals surface area contributed by atoms with Crippen LogP contribution in [0.15, 0.2) is 26.6 Å². The Hall–Kier alpha value is -2.27. The van der Waals surface area contributed by atoms with Crippen molar-refractivity contribution in [2.45, 2.75) is 44.0 Å². The zero-order chi connectivity index (χ0) is 24.0. The third-order valence-corrected chi connectivity index (χ3v) is 6.62. The van der Waals surface area contributed by atoms with E-state index in [1.807, 2.05) is 0 Å². The SMILES string of the molecule is Cc1c(C(F)(F)F)n(C)c(=O)n(-c2cc(SC(C(=O)O)C(C)(C)C)c(Cl)cc2F)c1=O. The molecule has 0 aliphatic heterocycles. The number of hydrogen-bond donors (Lipinski definition) is 1. The van der Waals surface area contributed by atoms with Crippen LogP contribution in [0.3, 0.4) is 0 Å². The van der Waals surface area contributed by atoms with Gasteiger partial charge in [-0.3, -0.25) is 14.2 Å². The summed E-state index contributed by atoms with van der Waals surface area (Å²) >= 11 is 6.81. The molecule has 0 radical (unpaired) electrons. The number of hydrogen-bond acceptors (Lipinski definition) is 4. The zero-order valence-electron chi connectivity index (χ0n) is 17.1. The summed E-state index contributed by atoms with van der Waals surface area (Å²) in [6, 6.07) is 1.76. The van der Waals surface area contributed by atoms with Gasteiger partial charge in [-0.25, -0.2) is 13.8 Å². The molecule has 1 aromatic heterocycles. The number of alkyl halides is 3. The van der Waals surface area contributed by atoms with Crippen molar-refractivity contribution in [1.82, 2.24) is 9.13 Å². The van der Waals surface area contributed by atoms with Gasteiger partial charge in [0, 0.05) is 17.5 Å². The summed E-state index contributed by atoms with van der Waals surface area (Å²) in [4.78, 5) is 36.9. The number of carboxylic acid groups (broad SMARTS) is 1. The Balaban J connectivity index is 2.80. The maximum Gasteiger partial charge on any atom is 0.432 e. The maximum absolute atomic E-state index is 14.7. The Kier molecular flexibility index (Phi) is 6.73. The Morgan fingerprint density at radius 3 is 2.19 bits per heavy atom. The highest BCUT2D eigenvalue weighted by Crippen LogP contribution is 2.40. The Morgan fingerprint density at radius 1 is 1.19 bits per heavy atom. The quantitative estimate of drug-likeness (QED) is 0.520. The minimum atomic E-state index is -4.97. The van der Waals surface area contributed by atoms with Crippen molar-refractivity contribution >= 4 is 29.3 Å². The van der Waals surface area contributed by atoms with Gasteiger partial charge < -0.3 is 5.11 Å². The van der Waals surface area contributed by atoms with Crippen LogP contribution in [-0.4, -0.2) is 25.5 Å². The average molecular weight is 483 g/mol. The lowest BCUT2D eigenvalue weighted by molar-refractivity contribution is -0.144. The summed E-state index contributed by atoms with van der Waals surface area (Å²) in [6.45, 7) is 5.87. The van der Waals surface area contributed by atoms with Crippen molar-refractivity contribution in [3.8, 4) is 5.69 Å². The van der Waals surface area contributed by atoms with Gasteiger partial charge in [-0.1, -0.05) is 32.4 Å². The lowest BCUT2D eigenvalue weighted by Gasteiger charge is -2.27. The molecule has 1 atom stereocenters. The van der Waals surface area contributed by atoms with Crippen LogP contribution in [-0.2, 0) is 18.0 Å². The summed E-state index contributed by atoms with van der Waals surface area (Å²) in [6.07, 6.45) is -4.97. The molecule has 0 spiro atoms. The van der Waals surface area contributed by atoms with E-state index in [4.69, 9.17) is 11.6 Å². The lowest BCUT2D eigenvalue weighted by atomic mass is 9.92. The molecule has 0 bridgehead atoms. The van der Waals surface area contributed by atoms with Crippen LogP contribution in [0.4, 0.5) is 17.6 Å². The minimum absolute atomic E-state index is 0.0481. The number of carboxylic acids is 1. The zero-order valence-corrected chi connectivity index (χ0v) is 18.7. The largest absolute Gasteiger partial charge is 0.480 e. The number of thioether (sulfide) groups is 1. The molecule has 6 nitrogen and oxygen atoms in total. The van der Waals surface area contributed by atoms with Crippen molar-refractivity contribution in [2.75, 3.05) is 0 Å². The second-order valence-electron chi connectivity index (χ2n) is 7.89. The number of aromatic nitrogens is 2. The van der Waals surface area contributed by atoms with Gasteiger partial charge in [-0.15, -0.1) is 11.8 Å². The van der Waals surface area contributed by atoms with E-state index < -0.39 is 56.8 Å². The predicted molar refractivity (Wildman–Crippen MR) is 109 cm³/mol. The number of halogens is 5. The summed E-state index contributed by atoms with van der Waals surface area (Å²) in [5.41, 5.74) is -6.37. The van der Waals surface area contributed by atoms with E-state index in [9.17, 15) is 37.1 Å². The minimum Gasteiger partial charge on any atom is -0.480 e. The predicted octanol–water partition coefficient (Wildman–Crippen LogP) is 4.25. The molecule has 0 saturated carbocycles. The molecule has 1 heterocycles. The molecule has 2 rings (SSSR count). The van der Waals surface area contributed by atoms with Crippen LogP contribution >= 0.6 is 23.4 Å². The Labute approximate surface area is 183 Å². The van der Waals surface area contributed by atoms with Crippen LogP contribution in [0.1, 0.15) is 32.0 Å². The van der Waals surface area contributed by atoms with Gasteiger partial charge in [0.2, 0.25) is 0 Å². The first kappa shape index (κ1) is 25.0. The second kappa shape index (κ2) is 8.34. The maximum atomic E-state index is 14.7. The number of aliphatic carboxylic acids is 1. The van der Waals surface area contributed by atoms with Crippen molar-refractivity contribution < 1.29 is 27.5 Å². The van der Waals surface area contributed by atoms with Crippen LogP contribution in [0, 0.1) is 18.2 Å². The molecule has 0 saturated heterocycles. The summed E-state index contributed by atoms with van der Waals surface area (Å²) < 4.78 is 55.0. The Morgan fingerprint density at radius 2 is 1.74 bits per heavy atom. The average Bonchev–Trinajstić information content (AvgIpc) is 2.58. The van der Waals surface area contributed by atoms with Crippen LogP contribution in [0.5, 0.6) is 0 Å². The molecular weight excluding hydrogens is 464 g/mol. The third kappa shape index (κ3) is 4.82. The molecule has 2 aromatic rings. The van der Waals surface area contributed by atoms with Crippen LogP contribution < -0.4 is 11.2 Å². The molecule has 1 N–H and O–H groups in total. The molecule has 0 aliphatic carbocycles. The molecule has 1 unspecified atom stereocenters. The van der Waals surface area contributed by atoms with E-state index in [-0.39, 0.29) is 19.1 Å². The van der Waals surface area contributed by atoms with Gasteiger partial charge >= 0.3 is 17.8 Å². The lowest BCUT2D eigenvalue weighted by Crippen LogP contribution is -2.43. The van der Waals surface area contributed by atoms with E-state index in [2.05, 4.69) is 0 Å². The standard InChI is InChI=1S/C19H19ClF4N2O4S/c1-8-13(19(22,23)24)25(5)17(30)26(15(8)27)11-7-12(9(20)6-10(11)21)31-14(16(28)29)18(2,3)4/h6-7,14H,1-5H3,(H,28,29). The normalized spacial score (nSPS) is 13.4. The van der Waals surface area contributed by atoms with Gasteiger partial charge in [0.15, 0.2) is 0 Å². The highest BCUT2D eigenvalue weighted by molar-refractivity contribution is 8.00. The highest BCUT2D eigenvalue weighted by atomic mass is 35.5. The molecule has 12 heteroatoms. The topological polar surface area (TPSA) is 81.3 Å². The smallest absolute Gasteiger partial charge is 0.432 e. The fourth-order valence-electron chi connectivity index (χ4n) is 2.97. The van der Waals surface area contributed by atoms with Gasteiger partial charge in [0.05, 0.1) is 10.7 Å². The van der Waals surface area contributed by atoms with E-state index >= 15 is 0 Å². The molecule has 0 aliphatic rings. The van der Waals surface area contributed by atoms with Crippen molar-refractivity contribution in [1.29, 1.82) is 0 Å². The number of nitrogens with zero attached hydrogens (tertiary/aromatic N) is 2. The highest BCUT2D eigenvalue weighted by Gasteiger charge is 2.38. The van der Waals surface area contributed by atoms with E-state index in [0.717, 1.165) is 37.9 Å². The molecule has 0 amide bonds. The van der Waals surface area contributed by atoms with E-state index in [1.54, 1.807) is 20.8 Å². The molecule has 31 heavy (non-hydrogen) atoms. The summed E-state index contributed by atoms with van der Waals surface area (Å²) in [5, 5.41) is 8.32. The van der Waals surface area contributed by atoms with E-state index in [0.29, 0.717) is 0 Å². The van der Waals surface area contributed by atoms with Crippen LogP contribution in [0.2, 0.25) is 5.02 Å². The first-order valence-electron chi connectivity index (χ1n) is 8.77. The van der Waals surface area contributed by atoms with Gasteiger partial charge in [-0.2, -0.15) is 13.2 Å². The van der Waals surface area contributed by atoms with Crippen molar-refractivity contribution in [3.05, 3.63) is 55.1 Å². The number of rotatable bonds is 4. The number of carbonyl (C=O) groups is 1. The molecule has 1 aromatic carbocycles. The summed E-state index contributed by atoms with van der Waals surface area (Å²) in [5.74, 6) is -2.30. The summed E-state index contributed by atoms with van der Waals surface area (Å²) in [7, 11) is 0.817. The third-order valence-electron chi connectivity index (χ3n) is 4.46. The second-order valence-corrected chi connectivity index (χ2v) is 9.44. The molecule has 0 fully saturated rings. The van der Waals surface area contributed by atoms with E-state index in [1.165, 1.54) is 0 Å². The first-order chi connectivity index (χ1) is 14.0. The first-order valence-corrected chi connectivity index (χ1v) is 10.0. The van der Waals surface area contributed by atoms with Gasteiger partial charge in [-0.05, 0) is 24.5 Å². The van der Waals surface area contributed by atoms with Crippen molar-refractivity contribution in [3.63, 3.8) is 0 Å². The Bertz CT molecular complexity index is 1130. The van der Waals surface area contributed by atoms with Gasteiger partial charge in [0.1, 0.15) is 16.8 Å². The fourth-order valence-corrected chi connectivity index (χ4v) is 4.32. The number of benzene rings is 1. The molecular formula is C19H19ClF4N2O4S. The van der Waals surface area contributed by atoms with Crippen molar-refractivity contribution in [2.24, 2.45) is 12.5 Å². The van der Waals surface area contributed by atoms with Gasteiger partial charge in [0.25, 0.3) is 5.56 Å². The van der Waals surface area contributed by atoms with Crippen LogP contribution in [0.25, 0.3) is 5.69 Å². The fraction of sp³-hybridized carbons (Fsp3) is 0.421. The monoisotopic (exact) mass is 482 g/mol. The molecule has 170 valence electrons.